The van der Waals surface area contributed by atoms with E-state index in [2.05, 4.69) is 69.5 Å². The summed E-state index contributed by atoms with van der Waals surface area (Å²) in [5, 5.41) is 0. The van der Waals surface area contributed by atoms with Gasteiger partial charge >= 0.3 is 5.82 Å². The standard InChI is InChI=1S/C18H21N4.HI/c1-20(2)15-11-9-14(10-12-15)19-13-18-21(3)16-7-5-6-8-17(16)22(18)4;/h5-13H,1-4H3;1H/q+1;/p-1. The molecule has 1 heterocycles. The van der Waals surface area contributed by atoms with Crippen molar-refractivity contribution in [3.8, 4) is 0 Å². The molecule has 0 aliphatic rings. The van der Waals surface area contributed by atoms with Gasteiger partial charge in [0.2, 0.25) is 0 Å². The van der Waals surface area contributed by atoms with Gasteiger partial charge in [-0.05, 0) is 36.4 Å². The SMILES string of the molecule is CN(C)c1ccc(N=Cc2n(C)c3ccccc3[n+]2C)cc1.[I-]. The Morgan fingerprint density at radius 2 is 1.70 bits per heavy atom. The number of nitrogens with zero attached hydrogens (tertiary/aromatic N) is 4. The Morgan fingerprint density at radius 1 is 1.04 bits per heavy atom. The lowest BCUT2D eigenvalue weighted by Crippen LogP contribution is -3.00. The molecule has 0 radical (unpaired) electrons. The van der Waals surface area contributed by atoms with Gasteiger partial charge in [0.1, 0.15) is 6.21 Å². The van der Waals surface area contributed by atoms with E-state index in [1.807, 2.05) is 32.4 Å². The van der Waals surface area contributed by atoms with Crippen LogP contribution < -0.4 is 33.4 Å². The molecule has 0 aliphatic carbocycles. The lowest BCUT2D eigenvalue weighted by Gasteiger charge is -2.11. The Bertz CT molecular complexity index is 793. The highest BCUT2D eigenvalue weighted by molar-refractivity contribution is 5.82. The van der Waals surface area contributed by atoms with Crippen molar-refractivity contribution in [3.05, 3.63) is 54.4 Å². The number of imidazole rings is 1. The van der Waals surface area contributed by atoms with Crippen LogP contribution >= 0.6 is 0 Å². The van der Waals surface area contributed by atoms with Crippen molar-refractivity contribution in [3.63, 3.8) is 0 Å². The highest BCUT2D eigenvalue weighted by atomic mass is 127. The van der Waals surface area contributed by atoms with Crippen LogP contribution in [0.25, 0.3) is 11.0 Å². The molecule has 0 bridgehead atoms. The normalized spacial score (nSPS) is 11.0. The molecular formula is C18H21IN4. The van der Waals surface area contributed by atoms with Crippen LogP contribution in [0.1, 0.15) is 5.82 Å². The molecular weight excluding hydrogens is 399 g/mol. The second-order valence-electron chi connectivity index (χ2n) is 5.63. The van der Waals surface area contributed by atoms with Crippen molar-refractivity contribution in [2.24, 2.45) is 19.1 Å². The molecule has 4 nitrogen and oxygen atoms in total. The number of halogens is 1. The number of para-hydroxylation sites is 2. The van der Waals surface area contributed by atoms with Gasteiger partial charge in [-0.1, -0.05) is 12.1 Å². The predicted molar refractivity (Wildman–Crippen MR) is 92.1 cm³/mol. The molecule has 0 fully saturated rings. The first-order valence-corrected chi connectivity index (χ1v) is 7.33. The van der Waals surface area contributed by atoms with Gasteiger partial charge in [0.25, 0.3) is 0 Å². The monoisotopic (exact) mass is 420 g/mol. The fourth-order valence-electron chi connectivity index (χ4n) is 2.65. The van der Waals surface area contributed by atoms with Crippen LogP contribution in [0.3, 0.4) is 0 Å². The Hall–Kier alpha value is -1.89. The van der Waals surface area contributed by atoms with Crippen LogP contribution in [0.15, 0.2) is 53.5 Å². The summed E-state index contributed by atoms with van der Waals surface area (Å²) >= 11 is 0. The van der Waals surface area contributed by atoms with Gasteiger partial charge in [0, 0.05) is 19.8 Å². The van der Waals surface area contributed by atoms with Crippen molar-refractivity contribution in [2.75, 3.05) is 19.0 Å². The van der Waals surface area contributed by atoms with E-state index in [4.69, 9.17) is 0 Å². The fraction of sp³-hybridized carbons (Fsp3) is 0.222. The van der Waals surface area contributed by atoms with E-state index in [-0.39, 0.29) is 24.0 Å². The smallest absolute Gasteiger partial charge is 0.300 e. The second kappa shape index (κ2) is 7.12. The molecule has 0 N–H and O–H groups in total. The average Bonchev–Trinajstić information content (AvgIpc) is 2.78. The first-order valence-electron chi connectivity index (χ1n) is 7.33. The molecule has 5 heteroatoms. The fourth-order valence-corrected chi connectivity index (χ4v) is 2.65. The molecule has 3 rings (SSSR count). The zero-order valence-electron chi connectivity index (χ0n) is 13.9. The van der Waals surface area contributed by atoms with Crippen LogP contribution in [0, 0.1) is 0 Å². The Labute approximate surface area is 154 Å². The van der Waals surface area contributed by atoms with Gasteiger partial charge in [0.15, 0.2) is 11.0 Å². The van der Waals surface area contributed by atoms with Gasteiger partial charge in [-0.2, -0.15) is 0 Å². The van der Waals surface area contributed by atoms with Gasteiger partial charge < -0.3 is 28.9 Å². The number of anilines is 1. The summed E-state index contributed by atoms with van der Waals surface area (Å²) in [7, 11) is 8.21. The summed E-state index contributed by atoms with van der Waals surface area (Å²) < 4.78 is 4.32. The molecule has 0 saturated carbocycles. The summed E-state index contributed by atoms with van der Waals surface area (Å²) in [5.41, 5.74) is 4.54. The summed E-state index contributed by atoms with van der Waals surface area (Å²) in [6.07, 6.45) is 1.92. The number of hydrogen-bond acceptors (Lipinski definition) is 2. The van der Waals surface area contributed by atoms with Crippen molar-refractivity contribution in [1.29, 1.82) is 0 Å². The third kappa shape index (κ3) is 3.39. The topological polar surface area (TPSA) is 24.4 Å². The summed E-state index contributed by atoms with van der Waals surface area (Å²) in [4.78, 5) is 6.69. The van der Waals surface area contributed by atoms with Gasteiger partial charge in [-0.15, -0.1) is 0 Å². The minimum atomic E-state index is 0. The van der Waals surface area contributed by atoms with E-state index in [0.29, 0.717) is 0 Å². The number of aliphatic imine (C=N–C) groups is 1. The van der Waals surface area contributed by atoms with Crippen molar-refractivity contribution in [1.82, 2.24) is 4.57 Å². The highest BCUT2D eigenvalue weighted by Gasteiger charge is 2.17. The minimum absolute atomic E-state index is 0. The number of hydrogen-bond donors (Lipinski definition) is 0. The van der Waals surface area contributed by atoms with Crippen LogP contribution in [0.2, 0.25) is 0 Å². The van der Waals surface area contributed by atoms with E-state index in [9.17, 15) is 0 Å². The molecule has 0 aliphatic heterocycles. The maximum absolute atomic E-state index is 4.61. The number of rotatable bonds is 3. The van der Waals surface area contributed by atoms with E-state index >= 15 is 0 Å². The van der Waals surface area contributed by atoms with Crippen LogP contribution in [-0.2, 0) is 14.1 Å². The third-order valence-corrected chi connectivity index (χ3v) is 3.99. The van der Waals surface area contributed by atoms with Gasteiger partial charge in [0.05, 0.1) is 19.8 Å². The largest absolute Gasteiger partial charge is 1.00 e. The second-order valence-corrected chi connectivity index (χ2v) is 5.63. The molecule has 3 aromatic rings. The van der Waals surface area contributed by atoms with E-state index in [1.54, 1.807) is 0 Å². The Kier molecular flexibility index (Phi) is 5.41. The quantitative estimate of drug-likeness (QED) is 0.328. The van der Waals surface area contributed by atoms with Crippen LogP contribution in [0.5, 0.6) is 0 Å². The Balaban J connectivity index is 0.00000192. The Morgan fingerprint density at radius 3 is 2.30 bits per heavy atom. The average molecular weight is 420 g/mol. The zero-order chi connectivity index (χ0) is 15.7. The molecule has 0 atom stereocenters. The van der Waals surface area contributed by atoms with Crippen molar-refractivity contribution in [2.45, 2.75) is 0 Å². The zero-order valence-corrected chi connectivity index (χ0v) is 16.0. The molecule has 0 unspecified atom stereocenters. The highest BCUT2D eigenvalue weighted by Crippen LogP contribution is 2.18. The molecule has 2 aromatic carbocycles. The maximum atomic E-state index is 4.61. The molecule has 0 amide bonds. The van der Waals surface area contributed by atoms with Gasteiger partial charge in [-0.25, -0.2) is 14.1 Å². The molecule has 23 heavy (non-hydrogen) atoms. The summed E-state index contributed by atoms with van der Waals surface area (Å²) in [6.45, 7) is 0. The summed E-state index contributed by atoms with van der Waals surface area (Å²) in [5.74, 6) is 1.07. The third-order valence-electron chi connectivity index (χ3n) is 3.99. The van der Waals surface area contributed by atoms with Crippen LogP contribution in [0.4, 0.5) is 11.4 Å². The number of benzene rings is 2. The number of aromatic nitrogens is 2. The predicted octanol–water partition coefficient (Wildman–Crippen LogP) is -0.177. The van der Waals surface area contributed by atoms with E-state index in [0.717, 1.165) is 11.5 Å². The number of aryl methyl sites for hydroxylation is 2. The lowest BCUT2D eigenvalue weighted by molar-refractivity contribution is -0.646. The van der Waals surface area contributed by atoms with Crippen LogP contribution in [-0.4, -0.2) is 24.9 Å². The van der Waals surface area contributed by atoms with Crippen molar-refractivity contribution >= 4 is 28.6 Å². The molecule has 0 spiro atoms. The minimum Gasteiger partial charge on any atom is -1.00 e. The first kappa shape index (κ1) is 17.5. The summed E-state index contributed by atoms with van der Waals surface area (Å²) in [6, 6.07) is 16.6. The van der Waals surface area contributed by atoms with Gasteiger partial charge in [-0.3, -0.25) is 0 Å². The molecule has 120 valence electrons. The van der Waals surface area contributed by atoms with Crippen molar-refractivity contribution < 1.29 is 28.5 Å². The maximum Gasteiger partial charge on any atom is 0.300 e. The van der Waals surface area contributed by atoms with E-state index < -0.39 is 0 Å². The lowest BCUT2D eigenvalue weighted by atomic mass is 10.3. The number of fused-ring (bicyclic) bond motifs is 1. The first-order chi connectivity index (χ1) is 10.6. The van der Waals surface area contributed by atoms with E-state index in [1.165, 1.54) is 16.7 Å². The molecule has 1 aromatic heterocycles. The molecule has 0 saturated heterocycles.